The minimum atomic E-state index is -0.0844. The maximum Gasteiger partial charge on any atom is 0.289 e. The Morgan fingerprint density at radius 3 is 2.78 bits per heavy atom. The molecule has 1 N–H and O–H groups in total. The van der Waals surface area contributed by atoms with Crippen LogP contribution in [0.1, 0.15) is 40.2 Å². The highest BCUT2D eigenvalue weighted by Crippen LogP contribution is 2.25. The summed E-state index contributed by atoms with van der Waals surface area (Å²) in [7, 11) is 0. The van der Waals surface area contributed by atoms with E-state index >= 15 is 0 Å². The Hall–Kier alpha value is -2.93. The van der Waals surface area contributed by atoms with Crippen molar-refractivity contribution in [2.45, 2.75) is 25.9 Å². The fraction of sp³-hybridized carbons (Fsp3) is 0.350. The number of benzene rings is 1. The number of hydrogen-bond acceptors (Lipinski definition) is 5. The number of H-pyrrole nitrogens is 1. The smallest absolute Gasteiger partial charge is 0.289 e. The van der Waals surface area contributed by atoms with Gasteiger partial charge in [-0.1, -0.05) is 30.3 Å². The maximum absolute atomic E-state index is 12.8. The van der Waals surface area contributed by atoms with E-state index in [2.05, 4.69) is 32.2 Å². The number of carbonyl (C=O) groups excluding carboxylic acids is 1. The van der Waals surface area contributed by atoms with Crippen LogP contribution in [0.2, 0.25) is 0 Å². The van der Waals surface area contributed by atoms with Crippen LogP contribution >= 0.6 is 0 Å². The number of nitrogens with one attached hydrogen (secondary N) is 1. The third-order valence-corrected chi connectivity index (χ3v) is 4.87. The molecule has 0 spiro atoms. The molecule has 0 bridgehead atoms. The lowest BCUT2D eigenvalue weighted by molar-refractivity contribution is 0.0695. The van der Waals surface area contributed by atoms with Crippen LogP contribution in [0.25, 0.3) is 0 Å². The van der Waals surface area contributed by atoms with Crippen molar-refractivity contribution in [2.75, 3.05) is 19.6 Å². The highest BCUT2D eigenvalue weighted by molar-refractivity contribution is 5.91. The molecule has 7 heteroatoms. The Balaban J connectivity index is 1.60. The van der Waals surface area contributed by atoms with E-state index in [9.17, 15) is 4.79 Å². The Morgan fingerprint density at radius 2 is 2.07 bits per heavy atom. The molecule has 3 heterocycles. The van der Waals surface area contributed by atoms with E-state index in [1.807, 2.05) is 30.0 Å². The highest BCUT2D eigenvalue weighted by Gasteiger charge is 2.32. The fourth-order valence-corrected chi connectivity index (χ4v) is 3.54. The minimum Gasteiger partial charge on any atom is -0.459 e. The van der Waals surface area contributed by atoms with Gasteiger partial charge in [-0.15, -0.1) is 0 Å². The number of carbonyl (C=O) groups is 1. The van der Waals surface area contributed by atoms with Gasteiger partial charge in [-0.2, -0.15) is 5.10 Å². The summed E-state index contributed by atoms with van der Waals surface area (Å²) in [6.45, 7) is 4.77. The van der Waals surface area contributed by atoms with Gasteiger partial charge in [0.1, 0.15) is 5.82 Å². The Morgan fingerprint density at radius 1 is 1.22 bits per heavy atom. The first-order chi connectivity index (χ1) is 13.2. The summed E-state index contributed by atoms with van der Waals surface area (Å²) < 4.78 is 5.31. The predicted molar refractivity (Wildman–Crippen MR) is 99.9 cm³/mol. The lowest BCUT2D eigenvalue weighted by Crippen LogP contribution is -2.38. The van der Waals surface area contributed by atoms with Crippen LogP contribution in [0.15, 0.2) is 53.1 Å². The number of nitrogens with zero attached hydrogens (tertiary/aromatic N) is 4. The molecule has 7 nitrogen and oxygen atoms in total. The Labute approximate surface area is 158 Å². The molecule has 1 aromatic carbocycles. The van der Waals surface area contributed by atoms with Crippen LogP contribution in [0.4, 0.5) is 0 Å². The van der Waals surface area contributed by atoms with E-state index in [0.717, 1.165) is 31.2 Å². The zero-order valence-electron chi connectivity index (χ0n) is 15.3. The first kappa shape index (κ1) is 17.5. The topological polar surface area (TPSA) is 78.3 Å². The summed E-state index contributed by atoms with van der Waals surface area (Å²) in [6, 6.07) is 13.7. The summed E-state index contributed by atoms with van der Waals surface area (Å²) in [4.78, 5) is 21.6. The lowest BCUT2D eigenvalue weighted by Gasteiger charge is -2.29. The van der Waals surface area contributed by atoms with Crippen LogP contribution in [0.3, 0.4) is 0 Å². The third-order valence-electron chi connectivity index (χ3n) is 4.87. The van der Waals surface area contributed by atoms with E-state index in [0.29, 0.717) is 18.8 Å². The van der Waals surface area contributed by atoms with E-state index in [-0.39, 0.29) is 11.9 Å². The van der Waals surface area contributed by atoms with Crippen LogP contribution in [-0.4, -0.2) is 50.5 Å². The number of furan rings is 1. The molecular formula is C20H23N5O2. The molecular weight excluding hydrogens is 342 g/mol. The van der Waals surface area contributed by atoms with Crippen LogP contribution in [0.5, 0.6) is 0 Å². The fourth-order valence-electron chi connectivity index (χ4n) is 3.54. The molecule has 1 unspecified atom stereocenters. The summed E-state index contributed by atoms with van der Waals surface area (Å²) in [5.74, 6) is 1.79. The van der Waals surface area contributed by atoms with Crippen molar-refractivity contribution < 1.29 is 9.21 Å². The molecule has 4 rings (SSSR count). The van der Waals surface area contributed by atoms with Crippen LogP contribution in [-0.2, 0) is 6.54 Å². The third kappa shape index (κ3) is 3.93. The first-order valence-electron chi connectivity index (χ1n) is 9.20. The second kappa shape index (κ2) is 7.75. The van der Waals surface area contributed by atoms with Gasteiger partial charge in [0.2, 0.25) is 0 Å². The van der Waals surface area contributed by atoms with Gasteiger partial charge in [-0.3, -0.25) is 14.8 Å². The zero-order valence-corrected chi connectivity index (χ0v) is 15.3. The van der Waals surface area contributed by atoms with Crippen molar-refractivity contribution in [1.29, 1.82) is 0 Å². The zero-order chi connectivity index (χ0) is 18.6. The number of amides is 1. The molecule has 2 aromatic heterocycles. The van der Waals surface area contributed by atoms with Gasteiger partial charge in [0.25, 0.3) is 5.91 Å². The second-order valence-electron chi connectivity index (χ2n) is 6.83. The summed E-state index contributed by atoms with van der Waals surface area (Å²) in [5, 5.41) is 7.32. The standard InChI is InChI=1S/C20H23N5O2/c1-15-21-19(23-22-15)17-14-25(20(26)18-9-5-12-27-18)11-6-10-24(17)13-16-7-3-2-4-8-16/h2-5,7-9,12,17H,6,10-11,13-14H2,1H3,(H,21,22,23). The molecule has 0 saturated carbocycles. The molecule has 0 radical (unpaired) electrons. The monoisotopic (exact) mass is 365 g/mol. The normalized spacial score (nSPS) is 18.4. The second-order valence-corrected chi connectivity index (χ2v) is 6.83. The molecule has 1 aliphatic rings. The Kier molecular flexibility index (Phi) is 5.02. The Bertz CT molecular complexity index is 875. The van der Waals surface area contributed by atoms with Gasteiger partial charge >= 0.3 is 0 Å². The highest BCUT2D eigenvalue weighted by atomic mass is 16.3. The molecule has 1 fully saturated rings. The molecule has 1 amide bonds. The molecule has 3 aromatic rings. The van der Waals surface area contributed by atoms with Gasteiger partial charge < -0.3 is 9.32 Å². The maximum atomic E-state index is 12.8. The van der Waals surface area contributed by atoms with Crippen LogP contribution < -0.4 is 0 Å². The number of aromatic amines is 1. The lowest BCUT2D eigenvalue weighted by atomic mass is 10.1. The van der Waals surface area contributed by atoms with E-state index in [1.165, 1.54) is 11.8 Å². The van der Waals surface area contributed by atoms with Gasteiger partial charge in [-0.25, -0.2) is 4.98 Å². The van der Waals surface area contributed by atoms with Gasteiger partial charge in [0.05, 0.1) is 12.3 Å². The van der Waals surface area contributed by atoms with Crippen molar-refractivity contribution >= 4 is 5.91 Å². The first-order valence-corrected chi connectivity index (χ1v) is 9.20. The van der Waals surface area contributed by atoms with Gasteiger partial charge in [-0.05, 0) is 31.0 Å². The van der Waals surface area contributed by atoms with Gasteiger partial charge in [0.15, 0.2) is 11.6 Å². The largest absolute Gasteiger partial charge is 0.459 e. The minimum absolute atomic E-state index is 0.0726. The molecule has 1 atom stereocenters. The average molecular weight is 365 g/mol. The summed E-state index contributed by atoms with van der Waals surface area (Å²) in [5.41, 5.74) is 1.24. The summed E-state index contributed by atoms with van der Waals surface area (Å²) >= 11 is 0. The van der Waals surface area contributed by atoms with E-state index < -0.39 is 0 Å². The molecule has 140 valence electrons. The van der Waals surface area contributed by atoms with Crippen molar-refractivity contribution in [3.8, 4) is 0 Å². The van der Waals surface area contributed by atoms with Crippen molar-refractivity contribution in [1.82, 2.24) is 25.0 Å². The van der Waals surface area contributed by atoms with E-state index in [1.54, 1.807) is 12.1 Å². The molecule has 27 heavy (non-hydrogen) atoms. The average Bonchev–Trinajstić information content (AvgIpc) is 3.32. The molecule has 0 aliphatic carbocycles. The van der Waals surface area contributed by atoms with Crippen molar-refractivity contribution in [2.24, 2.45) is 0 Å². The number of aryl methyl sites for hydroxylation is 1. The predicted octanol–water partition coefficient (Wildman–Crippen LogP) is 2.80. The quantitative estimate of drug-likeness (QED) is 0.769. The van der Waals surface area contributed by atoms with Crippen molar-refractivity contribution in [3.63, 3.8) is 0 Å². The van der Waals surface area contributed by atoms with Crippen LogP contribution in [0, 0.1) is 6.92 Å². The number of hydrogen-bond donors (Lipinski definition) is 1. The van der Waals surface area contributed by atoms with Crippen molar-refractivity contribution in [3.05, 3.63) is 71.7 Å². The molecule has 1 saturated heterocycles. The summed E-state index contributed by atoms with van der Waals surface area (Å²) in [6.07, 6.45) is 2.42. The van der Waals surface area contributed by atoms with E-state index in [4.69, 9.17) is 4.42 Å². The molecule has 1 aliphatic heterocycles. The number of rotatable bonds is 4. The SMILES string of the molecule is Cc1nc(C2CN(C(=O)c3ccco3)CCCN2Cc2ccccc2)n[nH]1. The van der Waals surface area contributed by atoms with Gasteiger partial charge in [0, 0.05) is 26.2 Å². The number of aromatic nitrogens is 3.